The number of carboxylic acids is 1. The van der Waals surface area contributed by atoms with Crippen LogP contribution in [-0.4, -0.2) is 116 Å². The lowest BCUT2D eigenvalue weighted by atomic mass is 9.39. The summed E-state index contributed by atoms with van der Waals surface area (Å²) in [7, 11) is 0. The number of aliphatic hydroxyl groups excluding tert-OH is 4. The van der Waals surface area contributed by atoms with Crippen LogP contribution in [0, 0.1) is 35.5 Å². The van der Waals surface area contributed by atoms with Gasteiger partial charge in [-0.3, -0.25) is 15.6 Å². The van der Waals surface area contributed by atoms with Crippen molar-refractivity contribution in [2.75, 3.05) is 19.8 Å². The zero-order valence-corrected chi connectivity index (χ0v) is 33.4. The van der Waals surface area contributed by atoms with E-state index < -0.39 is 70.9 Å². The highest BCUT2D eigenvalue weighted by atomic mass is 16.7. The molecule has 14 atom stereocenters. The van der Waals surface area contributed by atoms with Gasteiger partial charge >= 0.3 is 5.97 Å². The number of carboxylic acid groups (broad SMARTS) is 1. The third kappa shape index (κ3) is 5.00. The Labute approximate surface area is 341 Å². The second-order valence-corrected chi connectivity index (χ2v) is 19.4. The zero-order chi connectivity index (χ0) is 41.0. The van der Waals surface area contributed by atoms with E-state index in [0.717, 1.165) is 37.7 Å². The summed E-state index contributed by atoms with van der Waals surface area (Å²) in [4.78, 5) is 25.0. The monoisotopic (exact) mass is 814 g/mol. The SMILES string of the molecule is CC(=O)c1c(C)cc2cc(C(=O)O)cc(O[C@@H]3O[C@@H]4[C@@H](O)CC[C@H]5O[C@@]4(C[C@@H]4C6=C5CC=C6[C@]5(CCO)COC[C@@H]6C[C@@]78CCC[C@@H]7NN[C@]4(C8)[C@H]65)[C@H](O)[C@H]3O)c2c1O. The van der Waals surface area contributed by atoms with Gasteiger partial charge in [0.1, 0.15) is 35.4 Å². The summed E-state index contributed by atoms with van der Waals surface area (Å²) in [6.45, 7) is 4.12. The van der Waals surface area contributed by atoms with Gasteiger partial charge in [-0.2, -0.15) is 0 Å². The van der Waals surface area contributed by atoms with Crippen molar-refractivity contribution in [3.63, 3.8) is 0 Å². The van der Waals surface area contributed by atoms with Gasteiger partial charge in [0.15, 0.2) is 5.78 Å². The molecule has 9 aliphatic rings. The average molecular weight is 815 g/mol. The second-order valence-electron chi connectivity index (χ2n) is 19.4. The maximum absolute atomic E-state index is 12.7. The van der Waals surface area contributed by atoms with Gasteiger partial charge in [0.25, 0.3) is 0 Å². The lowest BCUT2D eigenvalue weighted by molar-refractivity contribution is -0.337. The predicted octanol–water partition coefficient (Wildman–Crippen LogP) is 3.33. The Morgan fingerprint density at radius 3 is 2.69 bits per heavy atom. The zero-order valence-electron chi connectivity index (χ0n) is 33.4. The molecule has 5 heterocycles. The molecule has 8 N–H and O–H groups in total. The third-order valence-corrected chi connectivity index (χ3v) is 16.7. The van der Waals surface area contributed by atoms with Crippen LogP contribution in [0.2, 0.25) is 0 Å². The summed E-state index contributed by atoms with van der Waals surface area (Å²) in [6, 6.07) is 4.46. The Balaban J connectivity index is 1.03. The number of Topliss-reactive ketones (excluding diaryl/α,β-unsaturated/α-hetero) is 1. The number of aromatic carboxylic acids is 1. The molecule has 11 rings (SSSR count). The minimum atomic E-state index is -1.75. The Kier molecular flexibility index (Phi) is 8.50. The van der Waals surface area contributed by atoms with Crippen LogP contribution >= 0.6 is 0 Å². The smallest absolute Gasteiger partial charge is 0.335 e. The topological polar surface area (TPSA) is 216 Å². The summed E-state index contributed by atoms with van der Waals surface area (Å²) in [5, 5.41) is 69.7. The number of aliphatic hydroxyl groups is 4. The first-order chi connectivity index (χ1) is 28.3. The molecule has 0 amide bonds. The van der Waals surface area contributed by atoms with Crippen LogP contribution < -0.4 is 15.6 Å². The van der Waals surface area contributed by atoms with E-state index >= 15 is 0 Å². The molecule has 7 fully saturated rings. The molecule has 4 bridgehead atoms. The number of carbonyl (C=O) groups is 2. The average Bonchev–Trinajstić information content (AvgIpc) is 3.74. The normalized spacial score (nSPS) is 44.1. The van der Waals surface area contributed by atoms with Gasteiger partial charge < -0.3 is 49.6 Å². The fraction of sp³-hybridized carbons (Fsp3) is 0.644. The molecule has 0 aromatic heterocycles. The molecule has 0 radical (unpaired) electrons. The molecule has 2 aromatic rings. The highest BCUT2D eigenvalue weighted by molar-refractivity contribution is 6.08. The highest BCUT2D eigenvalue weighted by Gasteiger charge is 2.75. The Bertz CT molecular complexity index is 2240. The van der Waals surface area contributed by atoms with E-state index in [2.05, 4.69) is 16.9 Å². The fourth-order valence-electron chi connectivity index (χ4n) is 14.8. The first-order valence-electron chi connectivity index (χ1n) is 21.5. The second kappa shape index (κ2) is 13.0. The van der Waals surface area contributed by atoms with E-state index in [1.165, 1.54) is 30.2 Å². The molecule has 14 heteroatoms. The van der Waals surface area contributed by atoms with Gasteiger partial charge in [0.2, 0.25) is 6.29 Å². The minimum absolute atomic E-state index is 0.0187. The summed E-state index contributed by atoms with van der Waals surface area (Å²) in [5.41, 5.74) is 9.13. The number of aromatic hydroxyl groups is 1. The number of rotatable bonds is 6. The Morgan fingerprint density at radius 2 is 1.92 bits per heavy atom. The van der Waals surface area contributed by atoms with E-state index in [4.69, 9.17) is 18.9 Å². The van der Waals surface area contributed by atoms with E-state index in [9.17, 15) is 40.2 Å². The van der Waals surface area contributed by atoms with Gasteiger partial charge in [0, 0.05) is 36.1 Å². The van der Waals surface area contributed by atoms with Crippen LogP contribution in [0.15, 0.2) is 41.0 Å². The quantitative estimate of drug-likeness (QED) is 0.197. The number of phenolic OH excluding ortho intramolecular Hbond substituents is 1. The fourth-order valence-corrected chi connectivity index (χ4v) is 14.8. The molecular formula is C45H54N2O12. The molecule has 0 unspecified atom stereocenters. The first kappa shape index (κ1) is 38.5. The molecule has 3 spiro atoms. The van der Waals surface area contributed by atoms with Crippen LogP contribution in [-0.2, 0) is 14.2 Å². The number of fused-ring (bicyclic) bond motifs is 4. The maximum Gasteiger partial charge on any atom is 0.335 e. The number of benzene rings is 2. The number of nitrogens with one attached hydrogen (secondary N) is 2. The van der Waals surface area contributed by atoms with Crippen LogP contribution in [0.3, 0.4) is 0 Å². The predicted molar refractivity (Wildman–Crippen MR) is 210 cm³/mol. The van der Waals surface area contributed by atoms with Crippen LogP contribution in [0.25, 0.3) is 10.8 Å². The van der Waals surface area contributed by atoms with Crippen molar-refractivity contribution < 1.29 is 59.2 Å². The largest absolute Gasteiger partial charge is 0.506 e. The number of hydrogen-bond donors (Lipinski definition) is 8. The molecule has 4 aliphatic carbocycles. The summed E-state index contributed by atoms with van der Waals surface area (Å²) >= 11 is 0. The van der Waals surface area contributed by atoms with Gasteiger partial charge in [-0.05, 0) is 129 Å². The van der Waals surface area contributed by atoms with Gasteiger partial charge in [0.05, 0.1) is 35.3 Å². The molecule has 316 valence electrons. The maximum atomic E-state index is 12.7. The van der Waals surface area contributed by atoms with Gasteiger partial charge in [-0.1, -0.05) is 18.6 Å². The molecule has 14 nitrogen and oxygen atoms in total. The molecule has 2 aromatic carbocycles. The minimum Gasteiger partial charge on any atom is -0.506 e. The summed E-state index contributed by atoms with van der Waals surface area (Å²) in [5.74, 6) is -2.15. The van der Waals surface area contributed by atoms with Crippen LogP contribution in [0.5, 0.6) is 11.5 Å². The Morgan fingerprint density at radius 1 is 1.08 bits per heavy atom. The number of hydrogen-bond acceptors (Lipinski definition) is 13. The highest BCUT2D eigenvalue weighted by Crippen LogP contribution is 2.73. The number of allylic oxidation sites excluding steroid dienone is 1. The van der Waals surface area contributed by atoms with Crippen molar-refractivity contribution in [3.8, 4) is 11.5 Å². The Hall–Kier alpha value is -3.44. The first-order valence-corrected chi connectivity index (χ1v) is 21.5. The van der Waals surface area contributed by atoms with Crippen molar-refractivity contribution in [1.29, 1.82) is 0 Å². The van der Waals surface area contributed by atoms with Crippen molar-refractivity contribution in [2.45, 2.75) is 132 Å². The van der Waals surface area contributed by atoms with Gasteiger partial charge in [-0.15, -0.1) is 0 Å². The molecule has 3 saturated carbocycles. The van der Waals surface area contributed by atoms with Crippen LogP contribution in [0.4, 0.5) is 0 Å². The van der Waals surface area contributed by atoms with Crippen molar-refractivity contribution in [3.05, 3.63) is 57.7 Å². The van der Waals surface area contributed by atoms with Crippen molar-refractivity contribution in [1.82, 2.24) is 10.9 Å². The van der Waals surface area contributed by atoms with E-state index in [1.54, 1.807) is 13.0 Å². The lowest BCUT2D eigenvalue weighted by Crippen LogP contribution is -2.81. The molecule has 4 saturated heterocycles. The molecule has 5 aliphatic heterocycles. The number of hydrazine groups is 1. The van der Waals surface area contributed by atoms with E-state index in [-0.39, 0.29) is 64.9 Å². The standard InChI is InChI=1S/C45H54N2O12/c1-20-12-22-13-23(40(54)55)14-30(33(22)35(51)32(20)21(2)49)57-41-36(52)38(53)45-16-27-34-25(29(59-45)8-7-28(50)39(45)58-41)5-6-26(34)43(10-11-48)19-56-17-24-15-42-9-3-4-31(42)46-47-44(27,18-42)37(24)43/h6,12-14,24,27-29,31,36-39,41,46-48,50-53H,3-5,7-11,15-19H2,1-2H3,(H,54,55)/t24-,27+,28-,29+,31-,36+,37+,38+,39+,41+,42+,43-,44-,45-/m0/s1. The van der Waals surface area contributed by atoms with E-state index in [0.29, 0.717) is 49.5 Å². The lowest BCUT2D eigenvalue weighted by Gasteiger charge is -2.71. The number of ketones is 1. The van der Waals surface area contributed by atoms with E-state index in [1.807, 2.05) is 0 Å². The van der Waals surface area contributed by atoms with Crippen molar-refractivity contribution >= 4 is 22.5 Å². The number of carbonyl (C=O) groups excluding carboxylic acids is 1. The summed E-state index contributed by atoms with van der Waals surface area (Å²) < 4.78 is 26.8. The summed E-state index contributed by atoms with van der Waals surface area (Å²) in [6.07, 6.45) is 1.87. The molecular weight excluding hydrogens is 760 g/mol. The number of ether oxygens (including phenoxy) is 4. The third-order valence-electron chi connectivity index (χ3n) is 16.7. The molecule has 59 heavy (non-hydrogen) atoms. The van der Waals surface area contributed by atoms with Crippen LogP contribution in [0.1, 0.15) is 97.4 Å². The number of aryl methyl sites for hydroxylation is 1. The van der Waals surface area contributed by atoms with Crippen molar-refractivity contribution in [2.24, 2.45) is 28.6 Å². The number of phenols is 1. The van der Waals surface area contributed by atoms with Gasteiger partial charge in [-0.25, -0.2) is 4.79 Å².